The molecule has 6 nitrogen and oxygen atoms in total. The molecule has 0 bridgehead atoms. The molecule has 1 aliphatic rings. The number of hydrogen-bond donors (Lipinski definition) is 1. The number of amidine groups is 1. The molecule has 3 aromatic carbocycles. The van der Waals surface area contributed by atoms with Crippen molar-refractivity contribution in [2.75, 3.05) is 10.4 Å². The van der Waals surface area contributed by atoms with Gasteiger partial charge in [0.2, 0.25) is 0 Å². The SMILES string of the molecule is O=c1cc(-c2ccccc2)nc2n1NC(/C=C/c1ccccc1)=NN2c1ccccc1. The summed E-state index contributed by atoms with van der Waals surface area (Å²) in [6, 6.07) is 30.7. The number of hydrazone groups is 1. The van der Waals surface area contributed by atoms with Gasteiger partial charge in [-0.2, -0.15) is 9.69 Å². The monoisotopic (exact) mass is 405 g/mol. The van der Waals surface area contributed by atoms with E-state index < -0.39 is 0 Å². The largest absolute Gasteiger partial charge is 0.274 e. The fraction of sp³-hybridized carbons (Fsp3) is 0. The summed E-state index contributed by atoms with van der Waals surface area (Å²) < 4.78 is 1.41. The van der Waals surface area contributed by atoms with Gasteiger partial charge in [0.1, 0.15) is 0 Å². The molecule has 31 heavy (non-hydrogen) atoms. The Morgan fingerprint density at radius 1 is 0.774 bits per heavy atom. The lowest BCUT2D eigenvalue weighted by Gasteiger charge is -2.27. The van der Waals surface area contributed by atoms with E-state index in [1.54, 1.807) is 5.01 Å². The first-order valence-electron chi connectivity index (χ1n) is 9.91. The van der Waals surface area contributed by atoms with Crippen LogP contribution < -0.4 is 16.0 Å². The van der Waals surface area contributed by atoms with Crippen molar-refractivity contribution in [2.45, 2.75) is 0 Å². The van der Waals surface area contributed by atoms with Gasteiger partial charge in [-0.3, -0.25) is 10.2 Å². The van der Waals surface area contributed by atoms with Gasteiger partial charge < -0.3 is 0 Å². The van der Waals surface area contributed by atoms with Gasteiger partial charge in [0.05, 0.1) is 11.4 Å². The fourth-order valence-corrected chi connectivity index (χ4v) is 3.32. The number of anilines is 2. The highest BCUT2D eigenvalue weighted by Gasteiger charge is 2.23. The summed E-state index contributed by atoms with van der Waals surface area (Å²) in [6.07, 6.45) is 3.78. The third kappa shape index (κ3) is 3.86. The third-order valence-corrected chi connectivity index (χ3v) is 4.83. The minimum Gasteiger partial charge on any atom is -0.270 e. The molecule has 0 spiro atoms. The van der Waals surface area contributed by atoms with Crippen molar-refractivity contribution in [2.24, 2.45) is 5.10 Å². The number of benzene rings is 3. The zero-order valence-electron chi connectivity index (χ0n) is 16.6. The standard InChI is InChI=1S/C25H19N5O/c31-24-18-22(20-12-6-2-7-13-20)26-25-29(21-14-8-3-9-15-21)27-23(28-30(24)25)17-16-19-10-4-1-5-11-19/h1-18H,(H,27,28)/b17-16+. The predicted molar refractivity (Wildman–Crippen MR) is 125 cm³/mol. The number of nitrogens with one attached hydrogen (secondary N) is 1. The normalized spacial score (nSPS) is 12.9. The van der Waals surface area contributed by atoms with Gasteiger partial charge in [-0.15, -0.1) is 5.10 Å². The zero-order valence-corrected chi connectivity index (χ0v) is 16.6. The highest BCUT2D eigenvalue weighted by atomic mass is 16.1. The van der Waals surface area contributed by atoms with Crippen molar-refractivity contribution in [1.29, 1.82) is 0 Å². The first-order valence-corrected chi connectivity index (χ1v) is 9.91. The van der Waals surface area contributed by atoms with Crippen molar-refractivity contribution in [3.63, 3.8) is 0 Å². The highest BCUT2D eigenvalue weighted by Crippen LogP contribution is 2.27. The van der Waals surface area contributed by atoms with Gasteiger partial charge >= 0.3 is 0 Å². The molecule has 4 aromatic rings. The highest BCUT2D eigenvalue weighted by molar-refractivity contribution is 6.03. The Labute approximate surface area is 179 Å². The second-order valence-corrected chi connectivity index (χ2v) is 6.97. The second kappa shape index (κ2) is 8.12. The van der Waals surface area contributed by atoms with Crippen LogP contribution in [0.5, 0.6) is 0 Å². The molecule has 0 saturated carbocycles. The molecule has 0 fully saturated rings. The topological polar surface area (TPSA) is 62.5 Å². The number of aromatic nitrogens is 2. The maximum Gasteiger partial charge on any atom is 0.274 e. The minimum atomic E-state index is -0.217. The summed E-state index contributed by atoms with van der Waals surface area (Å²) in [5.74, 6) is 0.922. The van der Waals surface area contributed by atoms with Crippen LogP contribution in [-0.4, -0.2) is 15.5 Å². The van der Waals surface area contributed by atoms with E-state index >= 15 is 0 Å². The van der Waals surface area contributed by atoms with Gasteiger partial charge in [-0.25, -0.2) is 4.98 Å². The summed E-state index contributed by atoms with van der Waals surface area (Å²) in [4.78, 5) is 17.8. The Kier molecular flexibility index (Phi) is 4.86. The number of fused-ring (bicyclic) bond motifs is 1. The summed E-state index contributed by atoms with van der Waals surface area (Å²) in [5, 5.41) is 6.39. The van der Waals surface area contributed by atoms with E-state index in [4.69, 9.17) is 10.1 Å². The number of rotatable bonds is 4. The van der Waals surface area contributed by atoms with Gasteiger partial charge in [0, 0.05) is 11.6 Å². The Balaban J connectivity index is 1.61. The van der Waals surface area contributed by atoms with E-state index in [0.29, 0.717) is 17.5 Å². The molecule has 0 atom stereocenters. The van der Waals surface area contributed by atoms with Crippen molar-refractivity contribution in [3.8, 4) is 11.3 Å². The molecule has 150 valence electrons. The van der Waals surface area contributed by atoms with Crippen LogP contribution >= 0.6 is 0 Å². The van der Waals surface area contributed by atoms with Crippen molar-refractivity contribution < 1.29 is 0 Å². The van der Waals surface area contributed by atoms with Crippen molar-refractivity contribution >= 4 is 23.5 Å². The lowest BCUT2D eigenvalue weighted by molar-refractivity contribution is 0.803. The smallest absolute Gasteiger partial charge is 0.270 e. The summed E-state index contributed by atoms with van der Waals surface area (Å²) in [6.45, 7) is 0. The molecule has 0 radical (unpaired) electrons. The van der Waals surface area contributed by atoms with Crippen molar-refractivity contribution in [1.82, 2.24) is 9.66 Å². The molecule has 0 saturated heterocycles. The van der Waals surface area contributed by atoms with E-state index in [2.05, 4.69) is 5.43 Å². The molecule has 0 aliphatic carbocycles. The van der Waals surface area contributed by atoms with Crippen LogP contribution in [0.3, 0.4) is 0 Å². The fourth-order valence-electron chi connectivity index (χ4n) is 3.32. The average Bonchev–Trinajstić information content (AvgIpc) is 2.84. The zero-order chi connectivity index (χ0) is 21.0. The summed E-state index contributed by atoms with van der Waals surface area (Å²) in [5.41, 5.74) is 6.17. The Hall–Kier alpha value is -4.45. The molecule has 1 aromatic heterocycles. The average molecular weight is 405 g/mol. The quantitative estimate of drug-likeness (QED) is 0.538. The van der Waals surface area contributed by atoms with E-state index in [9.17, 15) is 4.79 Å². The molecular formula is C25H19N5O. The van der Waals surface area contributed by atoms with Crippen LogP contribution in [-0.2, 0) is 0 Å². The first-order chi connectivity index (χ1) is 15.3. The Morgan fingerprint density at radius 2 is 1.42 bits per heavy atom. The number of para-hydroxylation sites is 1. The van der Waals surface area contributed by atoms with E-state index in [0.717, 1.165) is 16.8 Å². The molecule has 0 unspecified atom stereocenters. The minimum absolute atomic E-state index is 0.217. The van der Waals surface area contributed by atoms with Gasteiger partial charge in [-0.05, 0) is 23.8 Å². The van der Waals surface area contributed by atoms with Gasteiger partial charge in [0.15, 0.2) is 5.84 Å². The summed E-state index contributed by atoms with van der Waals surface area (Å²) >= 11 is 0. The van der Waals surface area contributed by atoms with Crippen LogP contribution in [0.1, 0.15) is 5.56 Å². The molecule has 0 amide bonds. The molecule has 1 N–H and O–H groups in total. The molecule has 5 rings (SSSR count). The number of hydrogen-bond acceptors (Lipinski definition) is 5. The second-order valence-electron chi connectivity index (χ2n) is 6.97. The van der Waals surface area contributed by atoms with Gasteiger partial charge in [-0.1, -0.05) is 84.9 Å². The molecule has 6 heteroatoms. The molecule has 1 aliphatic heterocycles. The molecular weight excluding hydrogens is 386 g/mol. The predicted octanol–water partition coefficient (Wildman–Crippen LogP) is 4.63. The van der Waals surface area contributed by atoms with Gasteiger partial charge in [0.25, 0.3) is 11.5 Å². The maximum absolute atomic E-state index is 13.0. The van der Waals surface area contributed by atoms with Crippen LogP contribution in [0.15, 0.2) is 113 Å². The first kappa shape index (κ1) is 18.6. The van der Waals surface area contributed by atoms with Crippen LogP contribution in [0.25, 0.3) is 17.3 Å². The Morgan fingerprint density at radius 3 is 2.13 bits per heavy atom. The Bertz CT molecular complexity index is 1310. The maximum atomic E-state index is 13.0. The van der Waals surface area contributed by atoms with Crippen LogP contribution in [0, 0.1) is 0 Å². The van der Waals surface area contributed by atoms with Crippen LogP contribution in [0.2, 0.25) is 0 Å². The van der Waals surface area contributed by atoms with Crippen LogP contribution in [0.4, 0.5) is 11.6 Å². The van der Waals surface area contributed by atoms with E-state index in [1.165, 1.54) is 10.7 Å². The van der Waals surface area contributed by atoms with Crippen molar-refractivity contribution in [3.05, 3.63) is 119 Å². The summed E-state index contributed by atoms with van der Waals surface area (Å²) in [7, 11) is 0. The molecule has 2 heterocycles. The lowest BCUT2D eigenvalue weighted by Crippen LogP contribution is -2.41. The number of nitrogens with zero attached hydrogens (tertiary/aromatic N) is 4. The van der Waals surface area contributed by atoms with E-state index in [1.807, 2.05) is 103 Å². The third-order valence-electron chi connectivity index (χ3n) is 4.83. The lowest BCUT2D eigenvalue weighted by atomic mass is 10.1. The van der Waals surface area contributed by atoms with E-state index in [-0.39, 0.29) is 5.56 Å².